The van der Waals surface area contributed by atoms with E-state index in [1.165, 1.54) is 0 Å². The molecule has 0 spiro atoms. The minimum absolute atomic E-state index is 0.103. The maximum atomic E-state index is 12.1. The molecule has 0 bridgehead atoms. The van der Waals surface area contributed by atoms with E-state index in [0.717, 1.165) is 23.0 Å². The number of nitrogens with one attached hydrogen (secondary N) is 2. The van der Waals surface area contributed by atoms with E-state index in [1.54, 1.807) is 5.01 Å². The lowest BCUT2D eigenvalue weighted by molar-refractivity contribution is 0.245. The van der Waals surface area contributed by atoms with Crippen LogP contribution in [-0.4, -0.2) is 11.7 Å². The summed E-state index contributed by atoms with van der Waals surface area (Å²) in [4.78, 5) is 12.1. The van der Waals surface area contributed by atoms with Gasteiger partial charge in [0.05, 0.1) is 5.69 Å². The molecule has 0 radical (unpaired) electrons. The van der Waals surface area contributed by atoms with Gasteiger partial charge in [0.1, 0.15) is 5.66 Å². The van der Waals surface area contributed by atoms with E-state index >= 15 is 0 Å². The van der Waals surface area contributed by atoms with E-state index in [0.29, 0.717) is 5.92 Å². The van der Waals surface area contributed by atoms with E-state index in [2.05, 4.69) is 40.5 Å². The summed E-state index contributed by atoms with van der Waals surface area (Å²) in [5.74, 6) is 0.622. The van der Waals surface area contributed by atoms with Crippen molar-refractivity contribution in [3.05, 3.63) is 28.7 Å². The zero-order chi connectivity index (χ0) is 14.0. The van der Waals surface area contributed by atoms with Crippen molar-refractivity contribution in [3.63, 3.8) is 0 Å². The predicted molar refractivity (Wildman–Crippen MR) is 80.8 cm³/mol. The molecule has 4 nitrogen and oxygen atoms in total. The van der Waals surface area contributed by atoms with E-state index in [4.69, 9.17) is 0 Å². The molecule has 2 rings (SSSR count). The van der Waals surface area contributed by atoms with Crippen molar-refractivity contribution in [1.82, 2.24) is 10.7 Å². The van der Waals surface area contributed by atoms with Gasteiger partial charge in [0, 0.05) is 4.47 Å². The zero-order valence-corrected chi connectivity index (χ0v) is 13.1. The fourth-order valence-electron chi connectivity index (χ4n) is 2.09. The molecule has 104 valence electrons. The highest BCUT2D eigenvalue weighted by Crippen LogP contribution is 2.24. The highest BCUT2D eigenvalue weighted by Gasteiger charge is 2.38. The van der Waals surface area contributed by atoms with Gasteiger partial charge in [-0.3, -0.25) is 0 Å². The van der Waals surface area contributed by atoms with Crippen LogP contribution in [0.3, 0.4) is 0 Å². The van der Waals surface area contributed by atoms with Gasteiger partial charge in [-0.2, -0.15) is 0 Å². The molecule has 1 aromatic rings. The van der Waals surface area contributed by atoms with Gasteiger partial charge in [-0.25, -0.2) is 15.2 Å². The second-order valence-corrected chi connectivity index (χ2v) is 6.53. The Morgan fingerprint density at radius 1 is 1.32 bits per heavy atom. The van der Waals surface area contributed by atoms with Crippen molar-refractivity contribution >= 4 is 27.6 Å². The summed E-state index contributed by atoms with van der Waals surface area (Å²) >= 11 is 3.39. The van der Waals surface area contributed by atoms with Crippen molar-refractivity contribution < 1.29 is 4.79 Å². The molecule has 5 heteroatoms. The van der Waals surface area contributed by atoms with E-state index in [-0.39, 0.29) is 11.7 Å². The van der Waals surface area contributed by atoms with Crippen molar-refractivity contribution in [1.29, 1.82) is 0 Å². The summed E-state index contributed by atoms with van der Waals surface area (Å²) in [5, 5.41) is 4.59. The minimum atomic E-state index is -0.367. The summed E-state index contributed by atoms with van der Waals surface area (Å²) in [7, 11) is 0. The molecule has 0 aliphatic carbocycles. The average molecular weight is 326 g/mol. The first-order valence-electron chi connectivity index (χ1n) is 6.55. The van der Waals surface area contributed by atoms with Gasteiger partial charge in [-0.05, 0) is 49.9 Å². The number of hydrogen-bond acceptors (Lipinski definition) is 2. The second-order valence-electron chi connectivity index (χ2n) is 5.62. The van der Waals surface area contributed by atoms with Crippen LogP contribution in [0.4, 0.5) is 10.5 Å². The van der Waals surface area contributed by atoms with Gasteiger partial charge >= 0.3 is 6.03 Å². The lowest BCUT2D eigenvalue weighted by Crippen LogP contribution is -2.48. The predicted octanol–water partition coefficient (Wildman–Crippen LogP) is 3.64. The number of nitrogens with zero attached hydrogens (tertiary/aromatic N) is 1. The number of halogens is 1. The fraction of sp³-hybridized carbons (Fsp3) is 0.500. The Labute approximate surface area is 122 Å². The highest BCUT2D eigenvalue weighted by molar-refractivity contribution is 9.10. The van der Waals surface area contributed by atoms with Gasteiger partial charge in [-0.1, -0.05) is 29.8 Å². The summed E-state index contributed by atoms with van der Waals surface area (Å²) in [5.41, 5.74) is 3.74. The van der Waals surface area contributed by atoms with E-state index in [1.807, 2.05) is 31.2 Å². The molecular formula is C14H20BrN3O. The summed E-state index contributed by atoms with van der Waals surface area (Å²) in [6, 6.07) is 7.56. The molecule has 1 aliphatic heterocycles. The Bertz CT molecular complexity index is 460. The maximum Gasteiger partial charge on any atom is 0.338 e. The summed E-state index contributed by atoms with van der Waals surface area (Å²) in [6.07, 6.45) is 1.97. The molecule has 1 saturated heterocycles. The fourth-order valence-corrected chi connectivity index (χ4v) is 2.35. The lowest BCUT2D eigenvalue weighted by atomic mass is 10.0. The third-order valence-corrected chi connectivity index (χ3v) is 3.78. The van der Waals surface area contributed by atoms with Gasteiger partial charge in [-0.15, -0.1) is 0 Å². The van der Waals surface area contributed by atoms with Crippen LogP contribution in [0.1, 0.15) is 33.6 Å². The summed E-state index contributed by atoms with van der Waals surface area (Å²) in [6.45, 7) is 6.39. The molecule has 1 heterocycles. The SMILES string of the molecule is CC(C)CC[C@@]1(C)NC(=O)N(c2ccc(Br)cc2)N1. The molecule has 19 heavy (non-hydrogen) atoms. The second kappa shape index (κ2) is 5.51. The Morgan fingerprint density at radius 2 is 1.95 bits per heavy atom. The molecule has 0 aromatic heterocycles. The van der Waals surface area contributed by atoms with Crippen molar-refractivity contribution in [2.24, 2.45) is 5.92 Å². The van der Waals surface area contributed by atoms with Crippen molar-refractivity contribution in [2.75, 3.05) is 5.01 Å². The summed E-state index contributed by atoms with van der Waals surface area (Å²) < 4.78 is 0.999. The van der Waals surface area contributed by atoms with Crippen molar-refractivity contribution in [3.8, 4) is 0 Å². The normalized spacial score (nSPS) is 23.0. The number of anilines is 1. The van der Waals surface area contributed by atoms with Crippen LogP contribution in [0.25, 0.3) is 0 Å². The molecule has 1 fully saturated rings. The number of carbonyl (C=O) groups is 1. The number of hydrazine groups is 1. The van der Waals surface area contributed by atoms with Gasteiger partial charge < -0.3 is 5.32 Å². The Hall–Kier alpha value is -1.07. The highest BCUT2D eigenvalue weighted by atomic mass is 79.9. The average Bonchev–Trinajstić information content (AvgIpc) is 2.64. The first-order valence-corrected chi connectivity index (χ1v) is 7.34. The first-order chi connectivity index (χ1) is 8.89. The number of carbonyl (C=O) groups excluding carboxylic acids is 1. The quantitative estimate of drug-likeness (QED) is 0.887. The van der Waals surface area contributed by atoms with Crippen molar-refractivity contribution in [2.45, 2.75) is 39.3 Å². The van der Waals surface area contributed by atoms with Crippen LogP contribution < -0.4 is 15.8 Å². The standard InChI is InChI=1S/C14H20BrN3O/c1-10(2)8-9-14(3)16-13(19)18(17-14)12-6-4-11(15)5-7-12/h4-7,10,17H,8-9H2,1-3H3,(H,16,19)/t14-/m0/s1. The van der Waals surface area contributed by atoms with Gasteiger partial charge in [0.2, 0.25) is 0 Å². The van der Waals surface area contributed by atoms with Gasteiger partial charge in [0.15, 0.2) is 0 Å². The lowest BCUT2D eigenvalue weighted by Gasteiger charge is -2.25. The molecule has 1 atom stereocenters. The van der Waals surface area contributed by atoms with E-state index < -0.39 is 0 Å². The molecule has 1 aliphatic rings. The third kappa shape index (κ3) is 3.48. The zero-order valence-electron chi connectivity index (χ0n) is 11.5. The topological polar surface area (TPSA) is 44.4 Å². The minimum Gasteiger partial charge on any atom is -0.317 e. The number of urea groups is 1. The Kier molecular flexibility index (Phi) is 4.16. The Balaban J connectivity index is 2.08. The smallest absolute Gasteiger partial charge is 0.317 e. The van der Waals surface area contributed by atoms with Crippen LogP contribution in [0.5, 0.6) is 0 Å². The van der Waals surface area contributed by atoms with Crippen LogP contribution in [0.2, 0.25) is 0 Å². The number of benzene rings is 1. The Morgan fingerprint density at radius 3 is 2.53 bits per heavy atom. The van der Waals surface area contributed by atoms with Crippen LogP contribution in [0, 0.1) is 5.92 Å². The molecule has 2 N–H and O–H groups in total. The maximum absolute atomic E-state index is 12.1. The van der Waals surface area contributed by atoms with Crippen LogP contribution >= 0.6 is 15.9 Å². The molecule has 1 aromatic carbocycles. The van der Waals surface area contributed by atoms with Gasteiger partial charge in [0.25, 0.3) is 0 Å². The number of rotatable bonds is 4. The molecule has 2 amide bonds. The largest absolute Gasteiger partial charge is 0.338 e. The van der Waals surface area contributed by atoms with E-state index in [9.17, 15) is 4.79 Å². The number of hydrogen-bond donors (Lipinski definition) is 2. The van der Waals surface area contributed by atoms with Crippen LogP contribution in [0.15, 0.2) is 28.7 Å². The number of amides is 2. The molecular weight excluding hydrogens is 306 g/mol. The molecule has 0 saturated carbocycles. The first kappa shape index (κ1) is 14.3. The van der Waals surface area contributed by atoms with Crippen LogP contribution in [-0.2, 0) is 0 Å². The third-order valence-electron chi connectivity index (χ3n) is 3.25. The monoisotopic (exact) mass is 325 g/mol. The molecule has 0 unspecified atom stereocenters.